The van der Waals surface area contributed by atoms with Crippen molar-refractivity contribution in [1.29, 1.82) is 0 Å². The summed E-state index contributed by atoms with van der Waals surface area (Å²) in [6, 6.07) is 5.88. The summed E-state index contributed by atoms with van der Waals surface area (Å²) in [6.07, 6.45) is 1.11. The first-order valence-corrected chi connectivity index (χ1v) is 12.2. The predicted molar refractivity (Wildman–Crippen MR) is 135 cm³/mol. The van der Waals surface area contributed by atoms with E-state index >= 15 is 0 Å². The van der Waals surface area contributed by atoms with Gasteiger partial charge in [0, 0.05) is 19.4 Å². The molecule has 2 heterocycles. The number of benzene rings is 1. The highest BCUT2D eigenvalue weighted by Crippen LogP contribution is 2.14. The molecule has 3 rings (SSSR count). The van der Waals surface area contributed by atoms with Crippen molar-refractivity contribution in [2.75, 3.05) is 17.2 Å². The number of nitrogens with two attached hydrogens (primary N) is 1. The van der Waals surface area contributed by atoms with E-state index in [0.29, 0.717) is 25.8 Å². The SMILES string of the molecule is NC(=O)[C@H]1CCCCNc2nc(Cl)nc(n2)N[C@@H](CCC(=O)O)C(=O)N[C@@H](Cc2ccccc2)C(=O)N1. The second-order valence-corrected chi connectivity index (χ2v) is 8.86. The maximum absolute atomic E-state index is 13.3. The quantitative estimate of drug-likeness (QED) is 0.303. The summed E-state index contributed by atoms with van der Waals surface area (Å²) in [5.74, 6) is -2.92. The summed E-state index contributed by atoms with van der Waals surface area (Å²) >= 11 is 6.02. The molecule has 14 heteroatoms. The molecule has 1 aliphatic rings. The second-order valence-electron chi connectivity index (χ2n) is 8.52. The number of rotatable bonds is 6. The van der Waals surface area contributed by atoms with E-state index in [0.717, 1.165) is 5.56 Å². The van der Waals surface area contributed by atoms with Crippen LogP contribution >= 0.6 is 11.6 Å². The number of primary amides is 1. The number of fused-ring (bicyclic) bond motifs is 2. The minimum absolute atomic E-state index is 0.0296. The summed E-state index contributed by atoms with van der Waals surface area (Å²) in [5.41, 5.74) is 6.29. The Balaban J connectivity index is 1.94. The molecule has 0 spiro atoms. The summed E-state index contributed by atoms with van der Waals surface area (Å²) in [6.45, 7) is 0.429. The van der Waals surface area contributed by atoms with E-state index in [1.807, 2.05) is 6.07 Å². The third kappa shape index (κ3) is 8.86. The number of carboxylic acid groups (broad SMARTS) is 1. The Morgan fingerprint density at radius 3 is 2.38 bits per heavy atom. The van der Waals surface area contributed by atoms with E-state index in [-0.39, 0.29) is 36.4 Å². The first kappa shape index (κ1) is 27.6. The van der Waals surface area contributed by atoms with Gasteiger partial charge in [-0.05, 0) is 42.8 Å². The Hall–Kier alpha value is -4.00. The number of nitrogens with zero attached hydrogens (tertiary/aromatic N) is 3. The van der Waals surface area contributed by atoms with Crippen LogP contribution in [-0.2, 0) is 25.6 Å². The lowest BCUT2D eigenvalue weighted by atomic mass is 10.0. The largest absolute Gasteiger partial charge is 0.481 e. The van der Waals surface area contributed by atoms with Gasteiger partial charge in [-0.15, -0.1) is 0 Å². The fourth-order valence-electron chi connectivity index (χ4n) is 3.75. The standard InChI is InChI=1S/C23H29ClN8O5/c24-21-30-22-26-11-5-4-8-14(18(25)35)27-20(37)16(12-13-6-2-1-3-7-13)28-19(36)15(9-10-17(33)34)29-23(31-21)32-22/h1-3,6-7,14-16H,4-5,8-12H2,(H2,25,35)(H,27,37)(H,28,36)(H,33,34)(H2,26,29,30,31,32)/t14-,15+,16+/m1/s1. The minimum atomic E-state index is -1.12. The van der Waals surface area contributed by atoms with Crippen molar-refractivity contribution < 1.29 is 24.3 Å². The average Bonchev–Trinajstić information content (AvgIpc) is 2.84. The fraction of sp³-hybridized carbons (Fsp3) is 0.435. The van der Waals surface area contributed by atoms with Crippen LogP contribution in [0.2, 0.25) is 5.28 Å². The number of halogens is 1. The van der Waals surface area contributed by atoms with Gasteiger partial charge < -0.3 is 32.1 Å². The molecule has 1 aromatic heterocycles. The Morgan fingerprint density at radius 1 is 0.973 bits per heavy atom. The number of nitrogens with one attached hydrogen (secondary N) is 4. The zero-order valence-corrected chi connectivity index (χ0v) is 20.7. The van der Waals surface area contributed by atoms with Gasteiger partial charge in [-0.25, -0.2) is 0 Å². The van der Waals surface area contributed by atoms with Crippen LogP contribution < -0.4 is 27.0 Å². The molecule has 37 heavy (non-hydrogen) atoms. The van der Waals surface area contributed by atoms with Crippen molar-refractivity contribution in [1.82, 2.24) is 25.6 Å². The van der Waals surface area contributed by atoms with Crippen molar-refractivity contribution in [2.24, 2.45) is 5.73 Å². The highest BCUT2D eigenvalue weighted by atomic mass is 35.5. The molecule has 1 aliphatic heterocycles. The number of aliphatic carboxylic acids is 1. The predicted octanol–water partition coefficient (Wildman–Crippen LogP) is 0.464. The third-order valence-corrected chi connectivity index (χ3v) is 5.82. The van der Waals surface area contributed by atoms with Crippen molar-refractivity contribution in [2.45, 2.75) is 56.7 Å². The van der Waals surface area contributed by atoms with E-state index in [1.54, 1.807) is 24.3 Å². The number of carbonyl (C=O) groups is 4. The average molecular weight is 533 g/mol. The molecule has 3 atom stereocenters. The lowest BCUT2D eigenvalue weighted by molar-refractivity contribution is -0.137. The molecule has 13 nitrogen and oxygen atoms in total. The van der Waals surface area contributed by atoms with Crippen LogP contribution in [0, 0.1) is 0 Å². The zero-order chi connectivity index (χ0) is 26.8. The molecule has 2 aromatic rings. The van der Waals surface area contributed by atoms with Crippen LogP contribution in [0.1, 0.15) is 37.7 Å². The number of hydrogen-bond donors (Lipinski definition) is 6. The molecule has 0 radical (unpaired) electrons. The fourth-order valence-corrected chi connectivity index (χ4v) is 3.91. The molecule has 7 N–H and O–H groups in total. The number of carbonyl (C=O) groups excluding carboxylic acids is 3. The highest BCUT2D eigenvalue weighted by Gasteiger charge is 2.29. The Morgan fingerprint density at radius 2 is 1.68 bits per heavy atom. The molecule has 0 saturated heterocycles. The molecular weight excluding hydrogens is 504 g/mol. The van der Waals surface area contributed by atoms with E-state index < -0.39 is 41.8 Å². The van der Waals surface area contributed by atoms with Crippen molar-refractivity contribution in [3.63, 3.8) is 0 Å². The number of aromatic nitrogens is 3. The molecule has 3 amide bonds. The van der Waals surface area contributed by atoms with Crippen LogP contribution in [0.3, 0.4) is 0 Å². The number of anilines is 2. The third-order valence-electron chi connectivity index (χ3n) is 5.65. The van der Waals surface area contributed by atoms with E-state index in [1.165, 1.54) is 0 Å². The second kappa shape index (κ2) is 13.3. The van der Waals surface area contributed by atoms with Crippen LogP contribution in [-0.4, -0.2) is 68.4 Å². The van der Waals surface area contributed by atoms with Gasteiger partial charge in [0.1, 0.15) is 18.1 Å². The summed E-state index contributed by atoms with van der Waals surface area (Å²) in [7, 11) is 0. The summed E-state index contributed by atoms with van der Waals surface area (Å²) in [4.78, 5) is 62.0. The van der Waals surface area contributed by atoms with Gasteiger partial charge in [-0.2, -0.15) is 15.0 Å². The Bertz CT molecular complexity index is 1120. The molecule has 0 aliphatic carbocycles. The van der Waals surface area contributed by atoms with Crippen molar-refractivity contribution in [3.05, 3.63) is 41.2 Å². The van der Waals surface area contributed by atoms with Gasteiger partial charge in [0.25, 0.3) is 0 Å². The van der Waals surface area contributed by atoms with Crippen LogP contribution in [0.15, 0.2) is 30.3 Å². The molecule has 0 saturated carbocycles. The first-order valence-electron chi connectivity index (χ1n) is 11.8. The van der Waals surface area contributed by atoms with Crippen molar-refractivity contribution >= 4 is 47.2 Å². The van der Waals surface area contributed by atoms with Crippen molar-refractivity contribution in [3.8, 4) is 0 Å². The smallest absolute Gasteiger partial charge is 0.303 e. The lowest BCUT2D eigenvalue weighted by Gasteiger charge is -2.25. The lowest BCUT2D eigenvalue weighted by Crippen LogP contribution is -2.55. The number of carboxylic acids is 1. The molecule has 0 unspecified atom stereocenters. The van der Waals surface area contributed by atoms with Gasteiger partial charge in [-0.1, -0.05) is 30.3 Å². The molecule has 1 aromatic carbocycles. The number of hydrogen-bond acceptors (Lipinski definition) is 9. The number of amides is 3. The summed E-state index contributed by atoms with van der Waals surface area (Å²) < 4.78 is 0. The molecule has 0 fully saturated rings. The van der Waals surface area contributed by atoms with E-state index in [4.69, 9.17) is 17.3 Å². The maximum atomic E-state index is 13.3. The van der Waals surface area contributed by atoms with Crippen LogP contribution in [0.25, 0.3) is 0 Å². The normalized spacial score (nSPS) is 21.1. The van der Waals surface area contributed by atoms with Crippen LogP contribution in [0.5, 0.6) is 0 Å². The molecular formula is C23H29ClN8O5. The monoisotopic (exact) mass is 532 g/mol. The zero-order valence-electron chi connectivity index (χ0n) is 19.9. The van der Waals surface area contributed by atoms with Gasteiger partial charge in [0.2, 0.25) is 34.9 Å². The van der Waals surface area contributed by atoms with Gasteiger partial charge in [0.05, 0.1) is 0 Å². The molecule has 198 valence electrons. The maximum Gasteiger partial charge on any atom is 0.303 e. The summed E-state index contributed by atoms with van der Waals surface area (Å²) in [5, 5.41) is 20.2. The Labute approximate surface area is 218 Å². The topological polar surface area (TPSA) is 201 Å². The van der Waals surface area contributed by atoms with E-state index in [2.05, 4.69) is 36.2 Å². The first-order chi connectivity index (χ1) is 17.7. The highest BCUT2D eigenvalue weighted by molar-refractivity contribution is 6.28. The minimum Gasteiger partial charge on any atom is -0.481 e. The van der Waals surface area contributed by atoms with E-state index in [9.17, 15) is 24.3 Å². The van der Waals surface area contributed by atoms with Gasteiger partial charge in [-0.3, -0.25) is 19.2 Å². The van der Waals surface area contributed by atoms with Gasteiger partial charge in [0.15, 0.2) is 0 Å². The molecule has 2 bridgehead atoms. The van der Waals surface area contributed by atoms with Crippen LogP contribution in [0.4, 0.5) is 11.9 Å². The van der Waals surface area contributed by atoms with Gasteiger partial charge >= 0.3 is 5.97 Å². The Kier molecular flexibility index (Phi) is 9.95.